The van der Waals surface area contributed by atoms with Crippen molar-refractivity contribution in [1.82, 2.24) is 10.2 Å². The number of nitrogens with zero attached hydrogens (tertiary/aromatic N) is 1. The number of carboxylic acids is 1. The third-order valence-corrected chi connectivity index (χ3v) is 3.60. The summed E-state index contributed by atoms with van der Waals surface area (Å²) in [6.07, 6.45) is -0.231. The van der Waals surface area contributed by atoms with E-state index in [0.29, 0.717) is 25.9 Å². The van der Waals surface area contributed by atoms with Gasteiger partial charge in [0.05, 0.1) is 0 Å². The number of alkyl carbamates (subject to hydrolysis) is 1. The van der Waals surface area contributed by atoms with Gasteiger partial charge in [-0.3, -0.25) is 0 Å². The Morgan fingerprint density at radius 2 is 1.48 bits per heavy atom. The molecule has 1 rings (SSSR count). The van der Waals surface area contributed by atoms with Crippen molar-refractivity contribution in [3.63, 3.8) is 0 Å². The van der Waals surface area contributed by atoms with Crippen molar-refractivity contribution in [2.75, 3.05) is 13.1 Å². The highest BCUT2D eigenvalue weighted by Gasteiger charge is 2.35. The van der Waals surface area contributed by atoms with Gasteiger partial charge in [-0.05, 0) is 60.3 Å². The number of aliphatic carboxylic acids is 1. The lowest BCUT2D eigenvalue weighted by molar-refractivity contribution is -0.141. The predicted molar refractivity (Wildman–Crippen MR) is 91.3 cm³/mol. The van der Waals surface area contributed by atoms with Crippen LogP contribution in [0.5, 0.6) is 0 Å². The summed E-state index contributed by atoms with van der Waals surface area (Å²) in [4.78, 5) is 37.0. The van der Waals surface area contributed by atoms with E-state index in [9.17, 15) is 19.5 Å². The van der Waals surface area contributed by atoms with Gasteiger partial charge < -0.3 is 24.8 Å². The first-order valence-electron chi connectivity index (χ1n) is 8.49. The molecule has 25 heavy (non-hydrogen) atoms. The number of nitrogens with one attached hydrogen (secondary N) is 1. The topological polar surface area (TPSA) is 105 Å². The Bertz CT molecular complexity index is 498. The van der Waals surface area contributed by atoms with E-state index in [2.05, 4.69) is 5.32 Å². The average molecular weight is 358 g/mol. The van der Waals surface area contributed by atoms with Gasteiger partial charge in [-0.15, -0.1) is 0 Å². The van der Waals surface area contributed by atoms with Gasteiger partial charge in [0, 0.05) is 13.1 Å². The molecule has 8 heteroatoms. The summed E-state index contributed by atoms with van der Waals surface area (Å²) < 4.78 is 10.4. The second-order valence-corrected chi connectivity index (χ2v) is 8.27. The van der Waals surface area contributed by atoms with Crippen LogP contribution in [0.4, 0.5) is 9.59 Å². The summed E-state index contributed by atoms with van der Waals surface area (Å²) in [7, 11) is 0. The van der Waals surface area contributed by atoms with Crippen LogP contribution >= 0.6 is 0 Å². The van der Waals surface area contributed by atoms with E-state index in [0.717, 1.165) is 0 Å². The SMILES string of the molecule is CC(C)(C)OC(=O)NC(C(=O)O)C1CCN(C(=O)OC(C)(C)C)CC1. The largest absolute Gasteiger partial charge is 0.480 e. The smallest absolute Gasteiger partial charge is 0.410 e. The van der Waals surface area contributed by atoms with Gasteiger partial charge in [0.15, 0.2) is 0 Å². The normalized spacial score (nSPS) is 17.6. The monoisotopic (exact) mass is 358 g/mol. The van der Waals surface area contributed by atoms with Gasteiger partial charge >= 0.3 is 18.2 Å². The highest BCUT2D eigenvalue weighted by molar-refractivity contribution is 5.80. The molecule has 1 fully saturated rings. The van der Waals surface area contributed by atoms with Crippen molar-refractivity contribution in [1.29, 1.82) is 0 Å². The molecular formula is C17H30N2O6. The second kappa shape index (κ2) is 7.93. The number of rotatable bonds is 3. The molecule has 1 atom stereocenters. The summed E-state index contributed by atoms with van der Waals surface area (Å²) in [5, 5.41) is 11.9. The summed E-state index contributed by atoms with van der Waals surface area (Å²) in [5.41, 5.74) is -1.27. The van der Waals surface area contributed by atoms with Crippen LogP contribution in [0.25, 0.3) is 0 Å². The highest BCUT2D eigenvalue weighted by Crippen LogP contribution is 2.23. The fourth-order valence-electron chi connectivity index (χ4n) is 2.56. The van der Waals surface area contributed by atoms with Gasteiger partial charge in [-0.1, -0.05) is 0 Å². The Balaban J connectivity index is 2.61. The average Bonchev–Trinajstić information content (AvgIpc) is 2.41. The number of piperidine rings is 1. The van der Waals surface area contributed by atoms with Gasteiger partial charge in [0.2, 0.25) is 0 Å². The van der Waals surface area contributed by atoms with Crippen LogP contribution in [-0.2, 0) is 14.3 Å². The number of carbonyl (C=O) groups excluding carboxylic acids is 2. The number of amides is 2. The third kappa shape index (κ3) is 7.62. The van der Waals surface area contributed by atoms with E-state index in [1.165, 1.54) is 0 Å². The van der Waals surface area contributed by atoms with Crippen LogP contribution in [0.2, 0.25) is 0 Å². The number of carboxylic acid groups (broad SMARTS) is 1. The van der Waals surface area contributed by atoms with Crippen LogP contribution in [0.1, 0.15) is 54.4 Å². The maximum Gasteiger partial charge on any atom is 0.410 e. The Labute approximate surface area is 148 Å². The Morgan fingerprint density at radius 1 is 1.00 bits per heavy atom. The molecule has 2 amide bonds. The molecule has 2 N–H and O–H groups in total. The number of hydrogen-bond acceptors (Lipinski definition) is 5. The van der Waals surface area contributed by atoms with Gasteiger partial charge in [0.25, 0.3) is 0 Å². The molecule has 0 aliphatic carbocycles. The van der Waals surface area contributed by atoms with Crippen LogP contribution in [0.3, 0.4) is 0 Å². The molecular weight excluding hydrogens is 328 g/mol. The predicted octanol–water partition coefficient (Wildman–Crippen LogP) is 2.61. The molecule has 1 aliphatic rings. The van der Waals surface area contributed by atoms with Crippen LogP contribution < -0.4 is 5.32 Å². The standard InChI is InChI=1S/C17H30N2O6/c1-16(2,3)24-14(22)18-12(13(20)21)11-7-9-19(10-8-11)15(23)25-17(4,5)6/h11-12H,7-10H2,1-6H3,(H,18,22)(H,20,21). The summed E-state index contributed by atoms with van der Waals surface area (Å²) in [6.45, 7) is 11.3. The van der Waals surface area contributed by atoms with E-state index in [1.807, 2.05) is 0 Å². The Hall–Kier alpha value is -1.99. The molecule has 0 bridgehead atoms. The molecule has 1 heterocycles. The first-order valence-corrected chi connectivity index (χ1v) is 8.49. The van der Waals surface area contributed by atoms with Crippen molar-refractivity contribution in [2.45, 2.75) is 71.6 Å². The van der Waals surface area contributed by atoms with E-state index >= 15 is 0 Å². The number of hydrogen-bond donors (Lipinski definition) is 2. The van der Waals surface area contributed by atoms with Crippen molar-refractivity contribution in [3.05, 3.63) is 0 Å². The first-order chi connectivity index (χ1) is 11.3. The third-order valence-electron chi connectivity index (χ3n) is 3.60. The minimum absolute atomic E-state index is 0.274. The lowest BCUT2D eigenvalue weighted by Gasteiger charge is -2.35. The zero-order valence-corrected chi connectivity index (χ0v) is 15.9. The van der Waals surface area contributed by atoms with Crippen LogP contribution in [-0.4, -0.2) is 58.5 Å². The number of likely N-dealkylation sites (tertiary alicyclic amines) is 1. The molecule has 1 aliphatic heterocycles. The number of ether oxygens (including phenoxy) is 2. The summed E-state index contributed by atoms with van der Waals surface area (Å²) >= 11 is 0. The molecule has 1 unspecified atom stereocenters. The quantitative estimate of drug-likeness (QED) is 0.803. The summed E-state index contributed by atoms with van der Waals surface area (Å²) in [6, 6.07) is -1.05. The van der Waals surface area contributed by atoms with Gasteiger partial charge in [0.1, 0.15) is 17.2 Å². The van der Waals surface area contributed by atoms with E-state index in [4.69, 9.17) is 9.47 Å². The van der Waals surface area contributed by atoms with Gasteiger partial charge in [-0.25, -0.2) is 14.4 Å². The van der Waals surface area contributed by atoms with Crippen molar-refractivity contribution in [3.8, 4) is 0 Å². The molecule has 0 aromatic heterocycles. The summed E-state index contributed by atoms with van der Waals surface area (Å²) in [5.74, 6) is -1.38. The molecule has 144 valence electrons. The zero-order valence-electron chi connectivity index (χ0n) is 15.9. The Morgan fingerprint density at radius 3 is 1.88 bits per heavy atom. The molecule has 8 nitrogen and oxygen atoms in total. The van der Waals surface area contributed by atoms with Crippen LogP contribution in [0, 0.1) is 5.92 Å². The fraction of sp³-hybridized carbons (Fsp3) is 0.824. The minimum atomic E-state index is -1.11. The maximum absolute atomic E-state index is 12.1. The van der Waals surface area contributed by atoms with E-state index < -0.39 is 35.4 Å². The molecule has 1 saturated heterocycles. The minimum Gasteiger partial charge on any atom is -0.480 e. The molecule has 0 aromatic rings. The molecule has 0 radical (unpaired) electrons. The van der Waals surface area contributed by atoms with Crippen molar-refractivity contribution in [2.24, 2.45) is 5.92 Å². The maximum atomic E-state index is 12.1. The lowest BCUT2D eigenvalue weighted by Crippen LogP contribution is -2.51. The zero-order chi connectivity index (χ0) is 19.4. The van der Waals surface area contributed by atoms with Crippen molar-refractivity contribution >= 4 is 18.2 Å². The Kier molecular flexibility index (Phi) is 6.68. The molecule has 0 saturated carbocycles. The highest BCUT2D eigenvalue weighted by atomic mass is 16.6. The number of carbonyl (C=O) groups is 3. The van der Waals surface area contributed by atoms with Crippen LogP contribution in [0.15, 0.2) is 0 Å². The van der Waals surface area contributed by atoms with E-state index in [-0.39, 0.29) is 5.92 Å². The second-order valence-electron chi connectivity index (χ2n) is 8.27. The lowest BCUT2D eigenvalue weighted by atomic mass is 9.89. The molecule has 0 spiro atoms. The fourth-order valence-corrected chi connectivity index (χ4v) is 2.56. The molecule has 0 aromatic carbocycles. The van der Waals surface area contributed by atoms with Gasteiger partial charge in [-0.2, -0.15) is 0 Å². The first kappa shape index (κ1) is 21.1. The van der Waals surface area contributed by atoms with E-state index in [1.54, 1.807) is 46.4 Å². The van der Waals surface area contributed by atoms with Crippen molar-refractivity contribution < 1.29 is 29.0 Å².